The molecule has 1 N–H and O–H groups in total. The fourth-order valence-corrected chi connectivity index (χ4v) is 3.31. The lowest BCUT2D eigenvalue weighted by Crippen LogP contribution is -2.43. The largest absolute Gasteiger partial charge is 0.497 e. The van der Waals surface area contributed by atoms with Gasteiger partial charge in [0.05, 0.1) is 20.2 Å². The first kappa shape index (κ1) is 18.9. The minimum atomic E-state index is -0.169. The minimum Gasteiger partial charge on any atom is -0.497 e. The predicted octanol–water partition coefficient (Wildman–Crippen LogP) is 2.54. The summed E-state index contributed by atoms with van der Waals surface area (Å²) in [5.74, 6) is 0.525. The van der Waals surface area contributed by atoms with Gasteiger partial charge in [0.2, 0.25) is 11.8 Å². The molecule has 6 nitrogen and oxygen atoms in total. The van der Waals surface area contributed by atoms with Gasteiger partial charge in [-0.3, -0.25) is 14.5 Å². The summed E-state index contributed by atoms with van der Waals surface area (Å²) < 4.78 is 5.15. The summed E-state index contributed by atoms with van der Waals surface area (Å²) in [4.78, 5) is 28.6. The fraction of sp³-hybridized carbons (Fsp3) is 0.333. The maximum atomic E-state index is 12.7. The molecular weight excluding hydrogens is 342 g/mol. The number of carbonyl (C=O) groups is 2. The van der Waals surface area contributed by atoms with Crippen molar-refractivity contribution >= 4 is 23.2 Å². The summed E-state index contributed by atoms with van der Waals surface area (Å²) in [6.45, 7) is 1.05. The zero-order valence-corrected chi connectivity index (χ0v) is 15.8. The van der Waals surface area contributed by atoms with E-state index in [0.717, 1.165) is 25.1 Å². The van der Waals surface area contributed by atoms with E-state index in [9.17, 15) is 9.59 Å². The molecule has 1 heterocycles. The minimum absolute atomic E-state index is 0.0128. The Bertz CT molecular complexity index is 822. The van der Waals surface area contributed by atoms with Crippen molar-refractivity contribution in [2.75, 3.05) is 44.0 Å². The number of rotatable bonds is 6. The highest BCUT2D eigenvalue weighted by atomic mass is 16.5. The molecule has 2 amide bonds. The first-order valence-corrected chi connectivity index (χ1v) is 9.07. The average Bonchev–Trinajstić information content (AvgIpc) is 2.67. The van der Waals surface area contributed by atoms with E-state index in [4.69, 9.17) is 4.74 Å². The van der Waals surface area contributed by atoms with Gasteiger partial charge in [0.1, 0.15) is 5.75 Å². The first-order valence-electron chi connectivity index (χ1n) is 9.07. The second-order valence-electron chi connectivity index (χ2n) is 6.73. The molecule has 6 heteroatoms. The van der Waals surface area contributed by atoms with Crippen molar-refractivity contribution in [3.8, 4) is 5.75 Å². The van der Waals surface area contributed by atoms with Gasteiger partial charge in [0.25, 0.3) is 0 Å². The number of nitrogens with one attached hydrogen (secondary N) is 1. The lowest BCUT2D eigenvalue weighted by atomic mass is 10.0. The summed E-state index contributed by atoms with van der Waals surface area (Å²) in [6, 6.07) is 15.2. The number of methoxy groups -OCH3 is 1. The molecule has 0 spiro atoms. The van der Waals surface area contributed by atoms with Crippen molar-refractivity contribution in [3.63, 3.8) is 0 Å². The maximum absolute atomic E-state index is 12.7. The molecular formula is C21H25N3O3. The number of carbonyl (C=O) groups excluding carboxylic acids is 2. The number of hydrogen-bond donors (Lipinski definition) is 1. The fourth-order valence-electron chi connectivity index (χ4n) is 3.31. The predicted molar refractivity (Wildman–Crippen MR) is 106 cm³/mol. The van der Waals surface area contributed by atoms with Gasteiger partial charge in [-0.05, 0) is 43.7 Å². The van der Waals surface area contributed by atoms with Gasteiger partial charge >= 0.3 is 0 Å². The van der Waals surface area contributed by atoms with Crippen molar-refractivity contribution in [1.82, 2.24) is 4.90 Å². The van der Waals surface area contributed by atoms with E-state index < -0.39 is 0 Å². The summed E-state index contributed by atoms with van der Waals surface area (Å²) in [6.07, 6.45) is 1.96. The van der Waals surface area contributed by atoms with Crippen LogP contribution in [0.4, 0.5) is 11.4 Å². The monoisotopic (exact) mass is 367 g/mol. The zero-order valence-electron chi connectivity index (χ0n) is 15.8. The van der Waals surface area contributed by atoms with Crippen LogP contribution in [0.2, 0.25) is 0 Å². The van der Waals surface area contributed by atoms with Gasteiger partial charge in [-0.15, -0.1) is 0 Å². The lowest BCUT2D eigenvalue weighted by Gasteiger charge is -2.30. The highest BCUT2D eigenvalue weighted by molar-refractivity contribution is 5.97. The van der Waals surface area contributed by atoms with Gasteiger partial charge in [0.15, 0.2) is 0 Å². The molecule has 0 saturated carbocycles. The smallest absolute Gasteiger partial charge is 0.241 e. The Morgan fingerprint density at radius 1 is 1.15 bits per heavy atom. The van der Waals surface area contributed by atoms with Crippen molar-refractivity contribution in [1.29, 1.82) is 0 Å². The highest BCUT2D eigenvalue weighted by Crippen LogP contribution is 2.26. The van der Waals surface area contributed by atoms with Crippen LogP contribution in [0, 0.1) is 0 Å². The van der Waals surface area contributed by atoms with Crippen LogP contribution in [0.3, 0.4) is 0 Å². The number of hydrogen-bond acceptors (Lipinski definition) is 4. The number of fused-ring (bicyclic) bond motifs is 1. The molecule has 0 bridgehead atoms. The van der Waals surface area contributed by atoms with Crippen molar-refractivity contribution in [2.45, 2.75) is 12.8 Å². The normalized spacial score (nSPS) is 13.2. The Balaban J connectivity index is 1.55. The van der Waals surface area contributed by atoms with Gasteiger partial charge in [-0.1, -0.05) is 24.3 Å². The molecule has 1 aliphatic heterocycles. The zero-order chi connectivity index (χ0) is 19.2. The van der Waals surface area contributed by atoms with Gasteiger partial charge in [0, 0.05) is 24.0 Å². The molecule has 0 aromatic heterocycles. The van der Waals surface area contributed by atoms with Crippen LogP contribution >= 0.6 is 0 Å². The molecule has 142 valence electrons. The van der Waals surface area contributed by atoms with E-state index in [1.807, 2.05) is 35.2 Å². The van der Waals surface area contributed by atoms with E-state index in [0.29, 0.717) is 11.4 Å². The Morgan fingerprint density at radius 3 is 2.78 bits per heavy atom. The molecule has 0 unspecified atom stereocenters. The van der Waals surface area contributed by atoms with Gasteiger partial charge in [-0.2, -0.15) is 0 Å². The summed E-state index contributed by atoms with van der Waals surface area (Å²) in [5, 5.41) is 2.83. The Kier molecular flexibility index (Phi) is 6.08. The number of para-hydroxylation sites is 1. The molecule has 2 aromatic carbocycles. The average molecular weight is 367 g/mol. The third-order valence-electron chi connectivity index (χ3n) is 4.58. The molecule has 27 heavy (non-hydrogen) atoms. The summed E-state index contributed by atoms with van der Waals surface area (Å²) >= 11 is 0. The first-order chi connectivity index (χ1) is 13.1. The molecule has 0 fully saturated rings. The van der Waals surface area contributed by atoms with E-state index in [1.54, 1.807) is 31.2 Å². The lowest BCUT2D eigenvalue weighted by molar-refractivity contribution is -0.121. The highest BCUT2D eigenvalue weighted by Gasteiger charge is 2.23. The second-order valence-corrected chi connectivity index (χ2v) is 6.73. The molecule has 1 aliphatic rings. The molecule has 0 atom stereocenters. The van der Waals surface area contributed by atoms with Crippen molar-refractivity contribution in [2.24, 2.45) is 0 Å². The van der Waals surface area contributed by atoms with Crippen LogP contribution in [0.25, 0.3) is 0 Å². The molecule has 2 aromatic rings. The quantitative estimate of drug-likeness (QED) is 0.852. The Hall–Kier alpha value is -2.86. The molecule has 3 rings (SSSR count). The number of ether oxygens (including phenoxy) is 1. The van der Waals surface area contributed by atoms with Crippen LogP contribution in [-0.4, -0.2) is 50.5 Å². The topological polar surface area (TPSA) is 61.9 Å². The number of aryl methyl sites for hydroxylation is 1. The standard InChI is InChI=1S/C21H25N3O3/c1-23(14-20(25)22-17-9-5-10-18(13-17)27-2)15-21(26)24-12-6-8-16-7-3-4-11-19(16)24/h3-5,7,9-11,13H,6,8,12,14-15H2,1-2H3,(H,22,25). The number of nitrogens with zero attached hydrogens (tertiary/aromatic N) is 2. The van der Waals surface area contributed by atoms with Crippen molar-refractivity contribution < 1.29 is 14.3 Å². The molecule has 0 aliphatic carbocycles. The number of likely N-dealkylation sites (N-methyl/N-ethyl adjacent to an activating group) is 1. The Labute approximate surface area is 159 Å². The van der Waals surface area contributed by atoms with Crippen molar-refractivity contribution in [3.05, 3.63) is 54.1 Å². The maximum Gasteiger partial charge on any atom is 0.241 e. The van der Waals surface area contributed by atoms with Crippen LogP contribution in [0.5, 0.6) is 5.75 Å². The third kappa shape index (κ3) is 4.86. The van der Waals surface area contributed by atoms with Crippen LogP contribution in [0.1, 0.15) is 12.0 Å². The second kappa shape index (κ2) is 8.68. The Morgan fingerprint density at radius 2 is 1.96 bits per heavy atom. The molecule has 0 saturated heterocycles. The van der Waals surface area contributed by atoms with Gasteiger partial charge in [-0.25, -0.2) is 0 Å². The third-order valence-corrected chi connectivity index (χ3v) is 4.58. The molecule has 0 radical (unpaired) electrons. The number of amides is 2. The van der Waals surface area contributed by atoms with E-state index in [2.05, 4.69) is 11.4 Å². The van der Waals surface area contributed by atoms with E-state index in [1.165, 1.54) is 5.56 Å². The summed E-state index contributed by atoms with van der Waals surface area (Å²) in [7, 11) is 3.36. The number of anilines is 2. The summed E-state index contributed by atoms with van der Waals surface area (Å²) in [5.41, 5.74) is 2.86. The van der Waals surface area contributed by atoms with E-state index in [-0.39, 0.29) is 24.9 Å². The van der Waals surface area contributed by atoms with Crippen LogP contribution < -0.4 is 15.0 Å². The SMILES string of the molecule is COc1cccc(NC(=O)CN(C)CC(=O)N2CCCc3ccccc32)c1. The van der Waals surface area contributed by atoms with Gasteiger partial charge < -0.3 is 15.0 Å². The van der Waals surface area contributed by atoms with Crippen LogP contribution in [0.15, 0.2) is 48.5 Å². The van der Waals surface area contributed by atoms with Crippen LogP contribution in [-0.2, 0) is 16.0 Å². The number of benzene rings is 2. The van der Waals surface area contributed by atoms with E-state index >= 15 is 0 Å².